The summed E-state index contributed by atoms with van der Waals surface area (Å²) in [6.45, 7) is 3.85. The Bertz CT molecular complexity index is 482. The molecule has 0 aliphatic rings. The molecule has 0 radical (unpaired) electrons. The molecule has 0 saturated heterocycles. The number of nitrogens with zero attached hydrogens (tertiary/aromatic N) is 2. The van der Waals surface area contributed by atoms with Crippen LogP contribution in [0.1, 0.15) is 35.8 Å². The minimum absolute atomic E-state index is 0.239. The standard InChI is InChI=1S/C12H20N4O3/c1-4-5-8(12(18)19)6-14-11-9(10(13)17)7(2)15-16(11)3/h8,14H,4-6H2,1-3H3,(H2,13,17)(H,18,19). The molecule has 0 spiro atoms. The number of nitrogens with two attached hydrogens (primary N) is 1. The highest BCUT2D eigenvalue weighted by Crippen LogP contribution is 2.19. The van der Waals surface area contributed by atoms with Gasteiger partial charge in [0.05, 0.1) is 11.6 Å². The first-order valence-electron chi connectivity index (χ1n) is 6.18. The van der Waals surface area contributed by atoms with Gasteiger partial charge in [-0.1, -0.05) is 13.3 Å². The Kier molecular flexibility index (Phi) is 4.91. The number of hydrogen-bond acceptors (Lipinski definition) is 4. The molecule has 1 unspecified atom stereocenters. The number of carboxylic acids is 1. The van der Waals surface area contributed by atoms with Crippen LogP contribution < -0.4 is 11.1 Å². The van der Waals surface area contributed by atoms with Crippen LogP contribution in [0.3, 0.4) is 0 Å². The Morgan fingerprint density at radius 2 is 2.16 bits per heavy atom. The number of anilines is 1. The highest BCUT2D eigenvalue weighted by molar-refractivity contribution is 5.98. The first-order valence-corrected chi connectivity index (χ1v) is 6.18. The molecule has 1 aromatic rings. The van der Waals surface area contributed by atoms with Gasteiger partial charge in [0.15, 0.2) is 0 Å². The second kappa shape index (κ2) is 6.21. The van der Waals surface area contributed by atoms with Crippen molar-refractivity contribution in [3.05, 3.63) is 11.3 Å². The molecule has 0 aliphatic heterocycles. The summed E-state index contributed by atoms with van der Waals surface area (Å²) < 4.78 is 1.50. The third-order valence-electron chi connectivity index (χ3n) is 2.97. The number of amides is 1. The second-order valence-electron chi connectivity index (χ2n) is 4.50. The lowest BCUT2D eigenvalue weighted by atomic mass is 10.0. The van der Waals surface area contributed by atoms with E-state index in [4.69, 9.17) is 10.8 Å². The van der Waals surface area contributed by atoms with Crippen molar-refractivity contribution in [1.82, 2.24) is 9.78 Å². The molecule has 7 heteroatoms. The van der Waals surface area contributed by atoms with E-state index in [0.717, 1.165) is 6.42 Å². The lowest BCUT2D eigenvalue weighted by Crippen LogP contribution is -2.25. The number of primary amides is 1. The smallest absolute Gasteiger partial charge is 0.308 e. The maximum absolute atomic E-state index is 11.4. The van der Waals surface area contributed by atoms with E-state index in [0.29, 0.717) is 23.5 Å². The highest BCUT2D eigenvalue weighted by Gasteiger charge is 2.21. The van der Waals surface area contributed by atoms with Crippen molar-refractivity contribution in [2.45, 2.75) is 26.7 Å². The Morgan fingerprint density at radius 3 is 2.63 bits per heavy atom. The van der Waals surface area contributed by atoms with Gasteiger partial charge in [-0.25, -0.2) is 0 Å². The molecule has 0 aliphatic carbocycles. The maximum atomic E-state index is 11.4. The van der Waals surface area contributed by atoms with Gasteiger partial charge in [-0.15, -0.1) is 0 Å². The average molecular weight is 268 g/mol. The maximum Gasteiger partial charge on any atom is 0.308 e. The van der Waals surface area contributed by atoms with E-state index in [1.165, 1.54) is 4.68 Å². The van der Waals surface area contributed by atoms with E-state index in [-0.39, 0.29) is 6.54 Å². The van der Waals surface area contributed by atoms with Gasteiger partial charge >= 0.3 is 5.97 Å². The molecule has 106 valence electrons. The number of aryl methyl sites for hydroxylation is 2. The fourth-order valence-corrected chi connectivity index (χ4v) is 2.04. The van der Waals surface area contributed by atoms with Crippen molar-refractivity contribution < 1.29 is 14.7 Å². The van der Waals surface area contributed by atoms with Gasteiger partial charge in [0.1, 0.15) is 11.4 Å². The lowest BCUT2D eigenvalue weighted by molar-refractivity contribution is -0.141. The van der Waals surface area contributed by atoms with Gasteiger partial charge in [0, 0.05) is 13.6 Å². The third kappa shape index (κ3) is 3.46. The largest absolute Gasteiger partial charge is 0.481 e. The van der Waals surface area contributed by atoms with Gasteiger partial charge in [0.2, 0.25) is 0 Å². The minimum Gasteiger partial charge on any atom is -0.481 e. The van der Waals surface area contributed by atoms with Crippen molar-refractivity contribution in [3.63, 3.8) is 0 Å². The third-order valence-corrected chi connectivity index (χ3v) is 2.97. The molecular weight excluding hydrogens is 248 g/mol. The van der Waals surface area contributed by atoms with Crippen LogP contribution in [0.4, 0.5) is 5.82 Å². The van der Waals surface area contributed by atoms with Crippen LogP contribution >= 0.6 is 0 Å². The number of hydrogen-bond donors (Lipinski definition) is 3. The number of carboxylic acid groups (broad SMARTS) is 1. The summed E-state index contributed by atoms with van der Waals surface area (Å²) in [4.78, 5) is 22.4. The number of nitrogens with one attached hydrogen (secondary N) is 1. The van der Waals surface area contributed by atoms with Crippen molar-refractivity contribution in [1.29, 1.82) is 0 Å². The summed E-state index contributed by atoms with van der Waals surface area (Å²) in [5.74, 6) is -1.46. The molecule has 0 saturated carbocycles. The number of aliphatic carboxylic acids is 1. The average Bonchev–Trinajstić information content (AvgIpc) is 2.58. The predicted molar refractivity (Wildman–Crippen MR) is 71.0 cm³/mol. The Balaban J connectivity index is 2.87. The Labute approximate surface area is 111 Å². The number of carbonyl (C=O) groups is 2. The van der Waals surface area contributed by atoms with Crippen LogP contribution in [0, 0.1) is 12.8 Å². The zero-order valence-corrected chi connectivity index (χ0v) is 11.4. The van der Waals surface area contributed by atoms with E-state index in [2.05, 4.69) is 10.4 Å². The molecule has 1 amide bonds. The van der Waals surface area contributed by atoms with E-state index < -0.39 is 17.8 Å². The molecule has 0 fully saturated rings. The van der Waals surface area contributed by atoms with Gasteiger partial charge < -0.3 is 16.2 Å². The van der Waals surface area contributed by atoms with Crippen LogP contribution in [0.5, 0.6) is 0 Å². The van der Waals surface area contributed by atoms with Gasteiger partial charge in [0.25, 0.3) is 5.91 Å². The summed E-state index contributed by atoms with van der Waals surface area (Å²) in [5.41, 5.74) is 6.14. The van der Waals surface area contributed by atoms with Crippen LogP contribution in [0.25, 0.3) is 0 Å². The first kappa shape index (κ1) is 15.0. The molecule has 0 bridgehead atoms. The number of rotatable bonds is 7. The number of carbonyl (C=O) groups excluding carboxylic acids is 1. The van der Waals surface area contributed by atoms with Gasteiger partial charge in [-0.2, -0.15) is 5.10 Å². The Hall–Kier alpha value is -2.05. The molecule has 1 aromatic heterocycles. The SMILES string of the molecule is CCCC(CNc1c(C(N)=O)c(C)nn1C)C(=O)O. The van der Waals surface area contributed by atoms with E-state index >= 15 is 0 Å². The second-order valence-corrected chi connectivity index (χ2v) is 4.50. The topological polar surface area (TPSA) is 110 Å². The van der Waals surface area contributed by atoms with Crippen LogP contribution in [-0.2, 0) is 11.8 Å². The monoisotopic (exact) mass is 268 g/mol. The van der Waals surface area contributed by atoms with E-state index in [1.54, 1.807) is 14.0 Å². The normalized spacial score (nSPS) is 12.2. The van der Waals surface area contributed by atoms with Crippen molar-refractivity contribution in [2.75, 3.05) is 11.9 Å². The summed E-state index contributed by atoms with van der Waals surface area (Å²) in [5, 5.41) is 16.2. The first-order chi connectivity index (χ1) is 8.88. The molecule has 1 atom stereocenters. The molecule has 7 nitrogen and oxygen atoms in total. The van der Waals surface area contributed by atoms with Crippen molar-refractivity contribution in [2.24, 2.45) is 18.7 Å². The molecule has 0 aromatic carbocycles. The number of aromatic nitrogens is 2. The summed E-state index contributed by atoms with van der Waals surface area (Å²) in [6, 6.07) is 0. The zero-order chi connectivity index (χ0) is 14.6. The van der Waals surface area contributed by atoms with Crippen LogP contribution in [-0.4, -0.2) is 33.3 Å². The van der Waals surface area contributed by atoms with E-state index in [1.807, 2.05) is 6.92 Å². The van der Waals surface area contributed by atoms with Crippen molar-refractivity contribution in [3.8, 4) is 0 Å². The van der Waals surface area contributed by atoms with Crippen LogP contribution in [0.2, 0.25) is 0 Å². The zero-order valence-electron chi connectivity index (χ0n) is 11.4. The fourth-order valence-electron chi connectivity index (χ4n) is 2.04. The van der Waals surface area contributed by atoms with Crippen LogP contribution in [0.15, 0.2) is 0 Å². The highest BCUT2D eigenvalue weighted by atomic mass is 16.4. The lowest BCUT2D eigenvalue weighted by Gasteiger charge is -2.14. The van der Waals surface area contributed by atoms with E-state index in [9.17, 15) is 9.59 Å². The molecular formula is C12H20N4O3. The summed E-state index contributed by atoms with van der Waals surface area (Å²) in [7, 11) is 1.68. The summed E-state index contributed by atoms with van der Waals surface area (Å²) in [6.07, 6.45) is 1.36. The Morgan fingerprint density at radius 1 is 1.53 bits per heavy atom. The van der Waals surface area contributed by atoms with Crippen molar-refractivity contribution >= 4 is 17.7 Å². The molecule has 1 rings (SSSR count). The molecule has 4 N–H and O–H groups in total. The molecule has 19 heavy (non-hydrogen) atoms. The fraction of sp³-hybridized carbons (Fsp3) is 0.583. The quantitative estimate of drug-likeness (QED) is 0.675. The summed E-state index contributed by atoms with van der Waals surface area (Å²) >= 11 is 0. The van der Waals surface area contributed by atoms with Gasteiger partial charge in [-0.3, -0.25) is 14.3 Å². The predicted octanol–water partition coefficient (Wildman–Crippen LogP) is 0.740. The van der Waals surface area contributed by atoms with Gasteiger partial charge in [-0.05, 0) is 13.3 Å². The molecule has 1 heterocycles. The minimum atomic E-state index is -0.853.